The lowest BCUT2D eigenvalue weighted by molar-refractivity contribution is 0.317. The first-order valence-electron chi connectivity index (χ1n) is 5.37. The van der Waals surface area contributed by atoms with Gasteiger partial charge in [-0.3, -0.25) is 0 Å². The van der Waals surface area contributed by atoms with Gasteiger partial charge in [0.05, 0.1) is 6.04 Å². The number of nitrogens with two attached hydrogens (primary N) is 1. The van der Waals surface area contributed by atoms with Gasteiger partial charge in [0.1, 0.15) is 0 Å². The molecule has 1 rings (SSSR count). The summed E-state index contributed by atoms with van der Waals surface area (Å²) in [5.41, 5.74) is 6.09. The molecule has 0 amide bonds. The van der Waals surface area contributed by atoms with Gasteiger partial charge in [-0.15, -0.1) is 0 Å². The van der Waals surface area contributed by atoms with E-state index in [2.05, 4.69) is 30.9 Å². The van der Waals surface area contributed by atoms with E-state index in [9.17, 15) is 0 Å². The van der Waals surface area contributed by atoms with Crippen LogP contribution in [-0.4, -0.2) is 10.1 Å². The van der Waals surface area contributed by atoms with E-state index < -0.39 is 0 Å². The van der Waals surface area contributed by atoms with Gasteiger partial charge in [-0.05, 0) is 11.3 Å². The SMILES string of the molecule is CC(C)C(N)c1nc(CC(C)(C)C)no1. The summed E-state index contributed by atoms with van der Waals surface area (Å²) in [4.78, 5) is 4.31. The molecule has 0 spiro atoms. The van der Waals surface area contributed by atoms with Crippen LogP contribution >= 0.6 is 0 Å². The summed E-state index contributed by atoms with van der Waals surface area (Å²) in [5, 5.41) is 3.94. The quantitative estimate of drug-likeness (QED) is 0.833. The Balaban J connectivity index is 2.72. The summed E-state index contributed by atoms with van der Waals surface area (Å²) >= 11 is 0. The Morgan fingerprint density at radius 2 is 1.93 bits per heavy atom. The Kier molecular flexibility index (Phi) is 3.50. The van der Waals surface area contributed by atoms with Gasteiger partial charge in [-0.1, -0.05) is 39.8 Å². The van der Waals surface area contributed by atoms with Crippen molar-refractivity contribution in [3.05, 3.63) is 11.7 Å². The zero-order valence-electron chi connectivity index (χ0n) is 10.2. The Hall–Kier alpha value is -0.900. The van der Waals surface area contributed by atoms with Crippen molar-refractivity contribution < 1.29 is 4.52 Å². The summed E-state index contributed by atoms with van der Waals surface area (Å²) < 4.78 is 5.15. The number of aromatic nitrogens is 2. The third-order valence-corrected chi connectivity index (χ3v) is 2.18. The molecule has 0 saturated heterocycles. The standard InChI is InChI=1S/C11H21N3O/c1-7(2)9(12)10-13-8(14-15-10)6-11(3,4)5/h7,9H,6,12H2,1-5H3. The molecule has 1 heterocycles. The molecule has 0 aliphatic heterocycles. The number of nitrogens with zero attached hydrogens (tertiary/aromatic N) is 2. The van der Waals surface area contributed by atoms with Gasteiger partial charge in [-0.2, -0.15) is 4.98 Å². The van der Waals surface area contributed by atoms with Crippen LogP contribution < -0.4 is 5.73 Å². The van der Waals surface area contributed by atoms with Crippen LogP contribution in [0.2, 0.25) is 0 Å². The van der Waals surface area contributed by atoms with Crippen molar-refractivity contribution in [1.82, 2.24) is 10.1 Å². The van der Waals surface area contributed by atoms with Crippen molar-refractivity contribution in [1.29, 1.82) is 0 Å². The van der Waals surface area contributed by atoms with Crippen LogP contribution in [0.4, 0.5) is 0 Å². The summed E-state index contributed by atoms with van der Waals surface area (Å²) in [7, 11) is 0. The molecule has 0 radical (unpaired) electrons. The van der Waals surface area contributed by atoms with Crippen molar-refractivity contribution in [3.8, 4) is 0 Å². The monoisotopic (exact) mass is 211 g/mol. The molecule has 0 aliphatic rings. The van der Waals surface area contributed by atoms with E-state index in [-0.39, 0.29) is 11.5 Å². The number of rotatable bonds is 3. The highest BCUT2D eigenvalue weighted by molar-refractivity contribution is 4.94. The zero-order chi connectivity index (χ0) is 11.6. The van der Waals surface area contributed by atoms with Crippen LogP contribution in [0.15, 0.2) is 4.52 Å². The predicted octanol–water partition coefficient (Wildman–Crippen LogP) is 2.31. The van der Waals surface area contributed by atoms with Crippen molar-refractivity contribution in [2.24, 2.45) is 17.1 Å². The van der Waals surface area contributed by atoms with Crippen molar-refractivity contribution in [2.45, 2.75) is 47.1 Å². The zero-order valence-corrected chi connectivity index (χ0v) is 10.2. The lowest BCUT2D eigenvalue weighted by Gasteiger charge is -2.14. The topological polar surface area (TPSA) is 64.9 Å². The molecular formula is C11H21N3O. The van der Waals surface area contributed by atoms with Crippen LogP contribution in [0.25, 0.3) is 0 Å². The lowest BCUT2D eigenvalue weighted by Crippen LogP contribution is -2.17. The van der Waals surface area contributed by atoms with E-state index >= 15 is 0 Å². The van der Waals surface area contributed by atoms with Gasteiger partial charge in [0.25, 0.3) is 0 Å². The molecule has 0 bridgehead atoms. The molecule has 4 heteroatoms. The van der Waals surface area contributed by atoms with Crippen molar-refractivity contribution in [2.75, 3.05) is 0 Å². The van der Waals surface area contributed by atoms with E-state index in [1.54, 1.807) is 0 Å². The largest absolute Gasteiger partial charge is 0.338 e. The molecule has 0 aromatic carbocycles. The first-order valence-corrected chi connectivity index (χ1v) is 5.37. The molecule has 2 N–H and O–H groups in total. The second-order valence-electron chi connectivity index (χ2n) is 5.56. The highest BCUT2D eigenvalue weighted by Gasteiger charge is 2.20. The molecule has 15 heavy (non-hydrogen) atoms. The average Bonchev–Trinajstić information content (AvgIpc) is 2.48. The minimum Gasteiger partial charge on any atom is -0.338 e. The highest BCUT2D eigenvalue weighted by atomic mass is 16.5. The van der Waals surface area contributed by atoms with Gasteiger partial charge < -0.3 is 10.3 Å². The van der Waals surface area contributed by atoms with E-state index in [0.717, 1.165) is 12.2 Å². The fourth-order valence-electron chi connectivity index (χ4n) is 1.23. The fourth-order valence-corrected chi connectivity index (χ4v) is 1.23. The molecule has 4 nitrogen and oxygen atoms in total. The summed E-state index contributed by atoms with van der Waals surface area (Å²) in [6.45, 7) is 10.5. The minimum atomic E-state index is -0.161. The molecule has 1 unspecified atom stereocenters. The Morgan fingerprint density at radius 3 is 2.40 bits per heavy atom. The lowest BCUT2D eigenvalue weighted by atomic mass is 9.92. The van der Waals surface area contributed by atoms with Crippen LogP contribution in [0.3, 0.4) is 0 Å². The van der Waals surface area contributed by atoms with E-state index in [1.165, 1.54) is 0 Å². The molecule has 0 saturated carbocycles. The Bertz CT molecular complexity index is 312. The van der Waals surface area contributed by atoms with Crippen molar-refractivity contribution in [3.63, 3.8) is 0 Å². The maximum absolute atomic E-state index is 5.92. The van der Waals surface area contributed by atoms with Gasteiger partial charge in [0.15, 0.2) is 5.82 Å². The Labute approximate surface area is 91.2 Å². The molecule has 1 aromatic heterocycles. The van der Waals surface area contributed by atoms with Crippen LogP contribution in [-0.2, 0) is 6.42 Å². The number of hydrogen-bond acceptors (Lipinski definition) is 4. The number of hydrogen-bond donors (Lipinski definition) is 1. The van der Waals surface area contributed by atoms with E-state index in [4.69, 9.17) is 10.3 Å². The maximum atomic E-state index is 5.92. The summed E-state index contributed by atoms with van der Waals surface area (Å²) in [6.07, 6.45) is 0.807. The predicted molar refractivity (Wildman–Crippen MR) is 59.2 cm³/mol. The maximum Gasteiger partial charge on any atom is 0.243 e. The van der Waals surface area contributed by atoms with Gasteiger partial charge >= 0.3 is 0 Å². The molecule has 0 fully saturated rings. The second-order valence-corrected chi connectivity index (χ2v) is 5.56. The van der Waals surface area contributed by atoms with Crippen LogP contribution in [0.5, 0.6) is 0 Å². The summed E-state index contributed by atoms with van der Waals surface area (Å²) in [5.74, 6) is 1.60. The summed E-state index contributed by atoms with van der Waals surface area (Å²) in [6, 6.07) is -0.161. The van der Waals surface area contributed by atoms with Crippen molar-refractivity contribution >= 4 is 0 Å². The van der Waals surface area contributed by atoms with Crippen LogP contribution in [0.1, 0.15) is 52.4 Å². The molecular weight excluding hydrogens is 190 g/mol. The van der Waals surface area contributed by atoms with E-state index in [1.807, 2.05) is 13.8 Å². The molecule has 1 atom stereocenters. The van der Waals surface area contributed by atoms with Crippen LogP contribution in [0, 0.1) is 11.3 Å². The van der Waals surface area contributed by atoms with Gasteiger partial charge in [0.2, 0.25) is 5.89 Å². The average molecular weight is 211 g/mol. The third kappa shape index (κ3) is 3.63. The van der Waals surface area contributed by atoms with Gasteiger partial charge in [0, 0.05) is 6.42 Å². The minimum absolute atomic E-state index is 0.161. The first kappa shape index (κ1) is 12.2. The second kappa shape index (κ2) is 4.31. The first-order chi connectivity index (χ1) is 6.79. The normalized spacial score (nSPS) is 14.6. The molecule has 1 aromatic rings. The van der Waals surface area contributed by atoms with Gasteiger partial charge in [-0.25, -0.2) is 0 Å². The Morgan fingerprint density at radius 1 is 1.33 bits per heavy atom. The fraction of sp³-hybridized carbons (Fsp3) is 0.818. The third-order valence-electron chi connectivity index (χ3n) is 2.18. The van der Waals surface area contributed by atoms with E-state index in [0.29, 0.717) is 11.8 Å². The molecule has 0 aliphatic carbocycles. The smallest absolute Gasteiger partial charge is 0.243 e. The highest BCUT2D eigenvalue weighted by Crippen LogP contribution is 2.21. The molecule has 86 valence electrons.